The van der Waals surface area contributed by atoms with Crippen LogP contribution in [0.4, 0.5) is 0 Å². The number of pyridine rings is 1. The molecule has 0 unspecified atom stereocenters. The largest absolute Gasteiger partial charge is 0.504 e. The van der Waals surface area contributed by atoms with Gasteiger partial charge in [0, 0.05) is 11.8 Å². The second-order valence-electron chi connectivity index (χ2n) is 6.57. The van der Waals surface area contributed by atoms with Crippen LogP contribution in [0.2, 0.25) is 0 Å². The summed E-state index contributed by atoms with van der Waals surface area (Å²) in [6.45, 7) is 3.90. The van der Waals surface area contributed by atoms with Crippen LogP contribution in [0.1, 0.15) is 41.4 Å². The molecule has 1 aromatic heterocycles. The molecule has 3 rings (SSSR count). The standard InChI is InChI=1S/C23H20N2O4/c1-3-29-21(27)11-10-20(26)22-23(28)18(13-24)17-12-15(8-9-19(17)25-22)16-7-5-4-6-14(16)2/h4-9,12,28H,3,10-11H2,1-2H3. The summed E-state index contributed by atoms with van der Waals surface area (Å²) in [5.41, 5.74) is 3.18. The average molecular weight is 388 g/mol. The number of aromatic hydroxyl groups is 1. The predicted molar refractivity (Wildman–Crippen MR) is 108 cm³/mol. The second kappa shape index (κ2) is 8.53. The van der Waals surface area contributed by atoms with Crippen molar-refractivity contribution in [1.29, 1.82) is 5.26 Å². The predicted octanol–water partition coefficient (Wildman–Crippen LogP) is 4.31. The van der Waals surface area contributed by atoms with E-state index in [4.69, 9.17) is 4.74 Å². The molecule has 29 heavy (non-hydrogen) atoms. The van der Waals surface area contributed by atoms with Crippen LogP contribution in [-0.2, 0) is 9.53 Å². The van der Waals surface area contributed by atoms with Crippen LogP contribution < -0.4 is 0 Å². The topological polar surface area (TPSA) is 100 Å². The van der Waals surface area contributed by atoms with Crippen molar-refractivity contribution in [1.82, 2.24) is 4.98 Å². The maximum atomic E-state index is 12.5. The SMILES string of the molecule is CCOC(=O)CCC(=O)c1nc2ccc(-c3ccccc3C)cc2c(C#N)c1O. The molecule has 0 aliphatic carbocycles. The van der Waals surface area contributed by atoms with Crippen molar-refractivity contribution in [3.8, 4) is 22.9 Å². The first kappa shape index (κ1) is 20.0. The molecule has 0 fully saturated rings. The molecule has 6 heteroatoms. The number of fused-ring (bicyclic) bond motifs is 1. The van der Waals surface area contributed by atoms with Gasteiger partial charge in [0.15, 0.2) is 11.5 Å². The smallest absolute Gasteiger partial charge is 0.306 e. The lowest BCUT2D eigenvalue weighted by Gasteiger charge is -2.11. The van der Waals surface area contributed by atoms with E-state index >= 15 is 0 Å². The molecular formula is C23H20N2O4. The fraction of sp³-hybridized carbons (Fsp3) is 0.217. The Kier molecular flexibility index (Phi) is 5.89. The van der Waals surface area contributed by atoms with Gasteiger partial charge >= 0.3 is 5.97 Å². The number of hydrogen-bond donors (Lipinski definition) is 1. The number of nitrogens with zero attached hydrogens (tertiary/aromatic N) is 2. The average Bonchev–Trinajstić information content (AvgIpc) is 2.72. The van der Waals surface area contributed by atoms with Crippen molar-refractivity contribution in [3.05, 3.63) is 59.3 Å². The van der Waals surface area contributed by atoms with Gasteiger partial charge in [-0.15, -0.1) is 0 Å². The number of hydrogen-bond acceptors (Lipinski definition) is 6. The Bertz CT molecular complexity index is 1150. The molecule has 146 valence electrons. The van der Waals surface area contributed by atoms with Crippen molar-refractivity contribution in [3.63, 3.8) is 0 Å². The van der Waals surface area contributed by atoms with Gasteiger partial charge < -0.3 is 9.84 Å². The van der Waals surface area contributed by atoms with Crippen LogP contribution in [0.5, 0.6) is 5.75 Å². The molecule has 0 amide bonds. The zero-order valence-corrected chi connectivity index (χ0v) is 16.2. The highest BCUT2D eigenvalue weighted by molar-refractivity contribution is 6.03. The zero-order valence-electron chi connectivity index (χ0n) is 16.2. The van der Waals surface area contributed by atoms with E-state index in [1.165, 1.54) is 0 Å². The zero-order chi connectivity index (χ0) is 21.0. The molecule has 0 aliphatic rings. The molecule has 3 aromatic rings. The molecule has 0 bridgehead atoms. The van der Waals surface area contributed by atoms with Crippen LogP contribution >= 0.6 is 0 Å². The number of nitriles is 1. The maximum absolute atomic E-state index is 12.5. The minimum Gasteiger partial charge on any atom is -0.504 e. The molecule has 0 saturated heterocycles. The lowest BCUT2D eigenvalue weighted by molar-refractivity contribution is -0.143. The third kappa shape index (κ3) is 4.09. The Morgan fingerprint density at radius 2 is 1.93 bits per heavy atom. The van der Waals surface area contributed by atoms with Crippen molar-refractivity contribution < 1.29 is 19.4 Å². The summed E-state index contributed by atoms with van der Waals surface area (Å²) < 4.78 is 4.81. The first-order valence-corrected chi connectivity index (χ1v) is 9.28. The van der Waals surface area contributed by atoms with E-state index in [2.05, 4.69) is 4.98 Å². The molecule has 1 heterocycles. The number of carbonyl (C=O) groups is 2. The number of rotatable bonds is 6. The Balaban J connectivity index is 2.03. The van der Waals surface area contributed by atoms with E-state index in [0.717, 1.165) is 16.7 Å². The second-order valence-corrected chi connectivity index (χ2v) is 6.57. The van der Waals surface area contributed by atoms with E-state index in [9.17, 15) is 20.0 Å². The monoisotopic (exact) mass is 388 g/mol. The highest BCUT2D eigenvalue weighted by atomic mass is 16.5. The molecular weight excluding hydrogens is 368 g/mol. The van der Waals surface area contributed by atoms with E-state index in [1.807, 2.05) is 43.3 Å². The van der Waals surface area contributed by atoms with Gasteiger partial charge in [-0.3, -0.25) is 9.59 Å². The first-order valence-electron chi connectivity index (χ1n) is 9.28. The summed E-state index contributed by atoms with van der Waals surface area (Å²) in [5.74, 6) is -1.47. The lowest BCUT2D eigenvalue weighted by Crippen LogP contribution is -2.10. The Morgan fingerprint density at radius 3 is 2.62 bits per heavy atom. The van der Waals surface area contributed by atoms with E-state index in [1.54, 1.807) is 19.1 Å². The minimum atomic E-state index is -0.517. The number of Topliss-reactive ketones (excluding diaryl/α,β-unsaturated/α-hetero) is 1. The van der Waals surface area contributed by atoms with Gasteiger partial charge in [0.1, 0.15) is 17.3 Å². The van der Waals surface area contributed by atoms with Gasteiger partial charge in [0.2, 0.25) is 0 Å². The van der Waals surface area contributed by atoms with Gasteiger partial charge in [0.05, 0.1) is 18.5 Å². The van der Waals surface area contributed by atoms with Crippen LogP contribution in [0.15, 0.2) is 42.5 Å². The maximum Gasteiger partial charge on any atom is 0.306 e. The number of ketones is 1. The quantitative estimate of drug-likeness (QED) is 0.499. The number of aromatic nitrogens is 1. The summed E-state index contributed by atoms with van der Waals surface area (Å²) in [6.07, 6.45) is -0.267. The van der Waals surface area contributed by atoms with Crippen molar-refractivity contribution in [2.75, 3.05) is 6.61 Å². The van der Waals surface area contributed by atoms with Gasteiger partial charge in [-0.1, -0.05) is 30.3 Å². The number of benzene rings is 2. The lowest BCUT2D eigenvalue weighted by atomic mass is 9.96. The fourth-order valence-electron chi connectivity index (χ4n) is 3.19. The van der Waals surface area contributed by atoms with Crippen molar-refractivity contribution >= 4 is 22.7 Å². The number of carbonyl (C=O) groups excluding carboxylic acids is 2. The van der Waals surface area contributed by atoms with E-state index < -0.39 is 17.5 Å². The number of aryl methyl sites for hydroxylation is 1. The van der Waals surface area contributed by atoms with E-state index in [-0.39, 0.29) is 30.7 Å². The fourth-order valence-corrected chi connectivity index (χ4v) is 3.19. The van der Waals surface area contributed by atoms with Crippen LogP contribution in [0.3, 0.4) is 0 Å². The molecule has 0 radical (unpaired) electrons. The molecule has 0 saturated carbocycles. The van der Waals surface area contributed by atoms with Gasteiger partial charge in [-0.2, -0.15) is 5.26 Å². The number of esters is 1. The summed E-state index contributed by atoms with van der Waals surface area (Å²) >= 11 is 0. The molecule has 0 aliphatic heterocycles. The Morgan fingerprint density at radius 1 is 1.17 bits per heavy atom. The van der Waals surface area contributed by atoms with Crippen molar-refractivity contribution in [2.45, 2.75) is 26.7 Å². The summed E-state index contributed by atoms with van der Waals surface area (Å²) in [5, 5.41) is 20.6. The van der Waals surface area contributed by atoms with E-state index in [0.29, 0.717) is 10.9 Å². The van der Waals surface area contributed by atoms with Crippen LogP contribution in [0.25, 0.3) is 22.0 Å². The highest BCUT2D eigenvalue weighted by Crippen LogP contribution is 2.33. The van der Waals surface area contributed by atoms with Gasteiger partial charge in [0.25, 0.3) is 0 Å². The minimum absolute atomic E-state index is 0.00933. The molecule has 0 spiro atoms. The van der Waals surface area contributed by atoms with Crippen LogP contribution in [-0.4, -0.2) is 28.4 Å². The third-order valence-electron chi connectivity index (χ3n) is 4.65. The van der Waals surface area contributed by atoms with Crippen molar-refractivity contribution in [2.24, 2.45) is 0 Å². The van der Waals surface area contributed by atoms with Crippen LogP contribution in [0, 0.1) is 18.3 Å². The number of ether oxygens (including phenoxy) is 1. The first-order chi connectivity index (χ1) is 14.0. The molecule has 0 atom stereocenters. The third-order valence-corrected chi connectivity index (χ3v) is 4.65. The normalized spacial score (nSPS) is 10.5. The molecule has 6 nitrogen and oxygen atoms in total. The summed E-state index contributed by atoms with van der Waals surface area (Å²) in [6, 6.07) is 15.2. The molecule has 1 N–H and O–H groups in total. The highest BCUT2D eigenvalue weighted by Gasteiger charge is 2.21. The van der Waals surface area contributed by atoms with Gasteiger partial charge in [-0.05, 0) is 42.7 Å². The molecule has 2 aromatic carbocycles. The summed E-state index contributed by atoms with van der Waals surface area (Å²) in [4.78, 5) is 28.2. The Labute approximate surface area is 168 Å². The summed E-state index contributed by atoms with van der Waals surface area (Å²) in [7, 11) is 0. The van der Waals surface area contributed by atoms with Gasteiger partial charge in [-0.25, -0.2) is 4.98 Å². The Hall–Kier alpha value is -3.72.